The van der Waals surface area contributed by atoms with E-state index in [1.54, 1.807) is 38.1 Å². The summed E-state index contributed by atoms with van der Waals surface area (Å²) in [6.07, 6.45) is -1.08. The second-order valence-electron chi connectivity index (χ2n) is 6.38. The third-order valence-electron chi connectivity index (χ3n) is 4.42. The van der Waals surface area contributed by atoms with Gasteiger partial charge < -0.3 is 14.8 Å². The van der Waals surface area contributed by atoms with Crippen molar-refractivity contribution in [3.8, 4) is 5.75 Å². The average Bonchev–Trinajstić information content (AvgIpc) is 2.75. The number of benzene rings is 2. The molecule has 0 bridgehead atoms. The van der Waals surface area contributed by atoms with Gasteiger partial charge in [0.15, 0.2) is 6.10 Å². The molecule has 0 aliphatic rings. The molecule has 0 saturated heterocycles. The van der Waals surface area contributed by atoms with Crippen LogP contribution in [0.2, 0.25) is 0 Å². The number of hydrogen-bond acceptors (Lipinski definition) is 6. The van der Waals surface area contributed by atoms with Crippen LogP contribution < -0.4 is 10.1 Å². The maximum atomic E-state index is 12.6. The van der Waals surface area contributed by atoms with Crippen molar-refractivity contribution in [3.05, 3.63) is 54.1 Å². The fourth-order valence-electron chi connectivity index (χ4n) is 2.70. The first-order valence-electron chi connectivity index (χ1n) is 9.49. The summed E-state index contributed by atoms with van der Waals surface area (Å²) in [6, 6.07) is 12.3. The van der Waals surface area contributed by atoms with Crippen molar-refractivity contribution in [2.75, 3.05) is 25.5 Å². The average molecular weight is 435 g/mol. The first-order chi connectivity index (χ1) is 14.2. The number of sulfonamides is 1. The molecule has 9 heteroatoms. The SMILES string of the molecule is CCN(CC)S(=O)(=O)c1cccc(C(=O)OC(C)C(=O)Nc2ccc(OC)cc2)c1. The van der Waals surface area contributed by atoms with E-state index >= 15 is 0 Å². The van der Waals surface area contributed by atoms with Gasteiger partial charge in [0, 0.05) is 18.8 Å². The Morgan fingerprint density at radius 1 is 1.07 bits per heavy atom. The van der Waals surface area contributed by atoms with E-state index < -0.39 is 28.0 Å². The van der Waals surface area contributed by atoms with E-state index in [1.807, 2.05) is 0 Å². The molecule has 0 spiro atoms. The van der Waals surface area contributed by atoms with Crippen molar-refractivity contribution in [2.45, 2.75) is 31.8 Å². The number of carbonyl (C=O) groups is 2. The van der Waals surface area contributed by atoms with Gasteiger partial charge in [-0.1, -0.05) is 19.9 Å². The Morgan fingerprint density at radius 2 is 1.70 bits per heavy atom. The van der Waals surface area contributed by atoms with Crippen molar-refractivity contribution in [2.24, 2.45) is 0 Å². The van der Waals surface area contributed by atoms with E-state index in [-0.39, 0.29) is 10.5 Å². The molecule has 0 fully saturated rings. The molecule has 162 valence electrons. The van der Waals surface area contributed by atoms with E-state index in [1.165, 1.54) is 42.6 Å². The molecule has 0 aliphatic carbocycles. The lowest BCUT2D eigenvalue weighted by Gasteiger charge is -2.19. The highest BCUT2D eigenvalue weighted by atomic mass is 32.2. The van der Waals surface area contributed by atoms with Crippen LogP contribution in [0.15, 0.2) is 53.4 Å². The summed E-state index contributed by atoms with van der Waals surface area (Å²) < 4.78 is 36.9. The molecular weight excluding hydrogens is 408 g/mol. The van der Waals surface area contributed by atoms with Gasteiger partial charge in [-0.3, -0.25) is 4.79 Å². The number of ether oxygens (including phenoxy) is 2. The van der Waals surface area contributed by atoms with Crippen LogP contribution in [-0.4, -0.2) is 50.9 Å². The van der Waals surface area contributed by atoms with Crippen LogP contribution in [0.5, 0.6) is 5.75 Å². The number of nitrogens with one attached hydrogen (secondary N) is 1. The topological polar surface area (TPSA) is 102 Å². The molecule has 0 aromatic heterocycles. The molecule has 0 heterocycles. The normalized spacial score (nSPS) is 12.3. The minimum Gasteiger partial charge on any atom is -0.497 e. The maximum Gasteiger partial charge on any atom is 0.338 e. The first kappa shape index (κ1) is 23.4. The minimum absolute atomic E-state index is 0.00372. The van der Waals surface area contributed by atoms with Gasteiger partial charge >= 0.3 is 5.97 Å². The summed E-state index contributed by atoms with van der Waals surface area (Å²) in [7, 11) is -2.17. The number of carbonyl (C=O) groups excluding carboxylic acids is 2. The Kier molecular flexibility index (Phi) is 7.96. The fraction of sp³-hybridized carbons (Fsp3) is 0.333. The summed E-state index contributed by atoms with van der Waals surface area (Å²) in [5.74, 6) is -0.656. The number of rotatable bonds is 9. The van der Waals surface area contributed by atoms with Crippen molar-refractivity contribution in [1.29, 1.82) is 0 Å². The number of esters is 1. The van der Waals surface area contributed by atoms with Gasteiger partial charge in [-0.05, 0) is 49.4 Å². The molecule has 2 rings (SSSR count). The Hall–Kier alpha value is -2.91. The fourth-order valence-corrected chi connectivity index (χ4v) is 4.20. The molecular formula is C21H26N2O6S. The molecule has 2 aromatic carbocycles. The van der Waals surface area contributed by atoms with Gasteiger partial charge in [0.05, 0.1) is 17.6 Å². The van der Waals surface area contributed by atoms with Crippen LogP contribution in [0.3, 0.4) is 0 Å². The molecule has 8 nitrogen and oxygen atoms in total. The number of nitrogens with zero attached hydrogens (tertiary/aromatic N) is 1. The molecule has 0 radical (unpaired) electrons. The van der Waals surface area contributed by atoms with E-state index in [2.05, 4.69) is 5.32 Å². The summed E-state index contributed by atoms with van der Waals surface area (Å²) in [5.41, 5.74) is 0.573. The first-order valence-corrected chi connectivity index (χ1v) is 10.9. The smallest absolute Gasteiger partial charge is 0.338 e. The Balaban J connectivity index is 2.08. The van der Waals surface area contributed by atoms with Crippen LogP contribution in [0.4, 0.5) is 5.69 Å². The zero-order chi connectivity index (χ0) is 22.3. The number of methoxy groups -OCH3 is 1. The summed E-state index contributed by atoms with van der Waals surface area (Å²) in [5, 5.41) is 2.64. The third-order valence-corrected chi connectivity index (χ3v) is 6.47. The number of amides is 1. The third kappa shape index (κ3) is 5.58. The lowest BCUT2D eigenvalue weighted by molar-refractivity contribution is -0.123. The molecule has 1 atom stereocenters. The van der Waals surface area contributed by atoms with Crippen LogP contribution >= 0.6 is 0 Å². The monoisotopic (exact) mass is 434 g/mol. The minimum atomic E-state index is -3.71. The van der Waals surface area contributed by atoms with Gasteiger partial charge in [0.25, 0.3) is 5.91 Å². The zero-order valence-electron chi connectivity index (χ0n) is 17.4. The molecule has 2 aromatic rings. The summed E-state index contributed by atoms with van der Waals surface area (Å²) >= 11 is 0. The van der Waals surface area contributed by atoms with Crippen LogP contribution in [0.25, 0.3) is 0 Å². The van der Waals surface area contributed by atoms with Crippen molar-refractivity contribution >= 4 is 27.6 Å². The van der Waals surface area contributed by atoms with Gasteiger partial charge in [0.2, 0.25) is 10.0 Å². The van der Waals surface area contributed by atoms with Crippen LogP contribution in [0.1, 0.15) is 31.1 Å². The predicted octanol–water partition coefficient (Wildman–Crippen LogP) is 2.91. The molecule has 30 heavy (non-hydrogen) atoms. The lowest BCUT2D eigenvalue weighted by Crippen LogP contribution is -2.31. The maximum absolute atomic E-state index is 12.6. The second-order valence-corrected chi connectivity index (χ2v) is 8.32. The molecule has 0 saturated carbocycles. The predicted molar refractivity (Wildman–Crippen MR) is 113 cm³/mol. The Morgan fingerprint density at radius 3 is 2.27 bits per heavy atom. The summed E-state index contributed by atoms with van der Waals surface area (Å²) in [6.45, 7) is 5.55. The largest absolute Gasteiger partial charge is 0.497 e. The number of hydrogen-bond donors (Lipinski definition) is 1. The van der Waals surface area contributed by atoms with Crippen molar-refractivity contribution in [1.82, 2.24) is 4.31 Å². The van der Waals surface area contributed by atoms with Crippen molar-refractivity contribution in [3.63, 3.8) is 0 Å². The van der Waals surface area contributed by atoms with Crippen LogP contribution in [-0.2, 0) is 19.6 Å². The lowest BCUT2D eigenvalue weighted by atomic mass is 10.2. The van der Waals surface area contributed by atoms with E-state index in [0.29, 0.717) is 24.5 Å². The highest BCUT2D eigenvalue weighted by Gasteiger charge is 2.24. The van der Waals surface area contributed by atoms with Gasteiger partial charge in [0.1, 0.15) is 5.75 Å². The zero-order valence-corrected chi connectivity index (χ0v) is 18.2. The highest BCUT2D eigenvalue weighted by molar-refractivity contribution is 7.89. The van der Waals surface area contributed by atoms with Crippen LogP contribution in [0, 0.1) is 0 Å². The second kappa shape index (κ2) is 10.2. The standard InChI is InChI=1S/C21H26N2O6S/c1-5-23(6-2)30(26,27)19-9-7-8-16(14-19)21(25)29-15(3)20(24)22-17-10-12-18(28-4)13-11-17/h7-15H,5-6H2,1-4H3,(H,22,24). The highest BCUT2D eigenvalue weighted by Crippen LogP contribution is 2.19. The van der Waals surface area contributed by atoms with Crippen molar-refractivity contribution < 1.29 is 27.5 Å². The van der Waals surface area contributed by atoms with E-state index in [9.17, 15) is 18.0 Å². The summed E-state index contributed by atoms with van der Waals surface area (Å²) in [4.78, 5) is 24.8. The van der Waals surface area contributed by atoms with Gasteiger partial charge in [-0.15, -0.1) is 0 Å². The molecule has 1 unspecified atom stereocenters. The Bertz CT molecular complexity index is 985. The quantitative estimate of drug-likeness (QED) is 0.609. The van der Waals surface area contributed by atoms with Gasteiger partial charge in [-0.2, -0.15) is 4.31 Å². The molecule has 1 amide bonds. The Labute approximate surface area is 176 Å². The van der Waals surface area contributed by atoms with E-state index in [4.69, 9.17) is 9.47 Å². The molecule has 1 N–H and O–H groups in total. The van der Waals surface area contributed by atoms with Gasteiger partial charge in [-0.25, -0.2) is 13.2 Å². The van der Waals surface area contributed by atoms with E-state index in [0.717, 1.165) is 0 Å². The number of anilines is 1. The molecule has 0 aliphatic heterocycles.